The van der Waals surface area contributed by atoms with Gasteiger partial charge in [-0.2, -0.15) is 0 Å². The molecule has 0 saturated carbocycles. The van der Waals surface area contributed by atoms with Gasteiger partial charge in [-0.1, -0.05) is 194 Å². The number of carboxylic acid groups (broad SMARTS) is 2. The van der Waals surface area contributed by atoms with Crippen LogP contribution in [0.3, 0.4) is 0 Å². The SMILES string of the molecule is CCCCCCCCCCCCCCCCCC(=O)O.CCCCCCCCCCCCCCCCCC(=O)O.C[C@](O)([C@H](O)[C@H](O)CO)[C@@H](O)CN. The standard InChI is InChI=1S/2C18H36O2.C7H17NO5/c2*1-2-3-4-5-6-7-8-9-10-11-12-13-14-15-16-17-18(19)20;1-7(13,5(11)2-8)6(12)4(10)3-9/h2*2-17H2,1H3,(H,19,20);4-6,9-13H,2-3,8H2,1H3/t;;4-,5+,6-,7-/m..1/s1. The number of carboxylic acids is 2. The third kappa shape index (κ3) is 43.3. The third-order valence-corrected chi connectivity index (χ3v) is 10.0. The molecule has 0 bridgehead atoms. The largest absolute Gasteiger partial charge is 0.481 e. The summed E-state index contributed by atoms with van der Waals surface area (Å²) in [5.41, 5.74) is 3.14. The Morgan fingerprint density at radius 2 is 0.717 bits per heavy atom. The molecule has 53 heavy (non-hydrogen) atoms. The Kier molecular flexibility index (Phi) is 45.9. The lowest BCUT2D eigenvalue weighted by Crippen LogP contribution is -2.57. The van der Waals surface area contributed by atoms with Crippen LogP contribution in [0.2, 0.25) is 0 Å². The zero-order valence-electron chi connectivity index (χ0n) is 34.8. The molecule has 9 N–H and O–H groups in total. The average Bonchev–Trinajstić information content (AvgIpc) is 3.14. The van der Waals surface area contributed by atoms with Crippen LogP contribution in [-0.4, -0.2) is 84.7 Å². The van der Waals surface area contributed by atoms with Gasteiger partial charge < -0.3 is 41.5 Å². The number of aliphatic carboxylic acids is 2. The van der Waals surface area contributed by atoms with Gasteiger partial charge in [0, 0.05) is 19.4 Å². The van der Waals surface area contributed by atoms with E-state index in [4.69, 9.17) is 26.2 Å². The van der Waals surface area contributed by atoms with E-state index in [-0.39, 0.29) is 6.54 Å². The summed E-state index contributed by atoms with van der Waals surface area (Å²) in [6.45, 7) is 4.73. The fourth-order valence-corrected chi connectivity index (χ4v) is 6.22. The summed E-state index contributed by atoms with van der Waals surface area (Å²) in [6, 6.07) is 0. The number of carbonyl (C=O) groups is 2. The van der Waals surface area contributed by atoms with Crippen molar-refractivity contribution in [1.29, 1.82) is 0 Å². The lowest BCUT2D eigenvalue weighted by molar-refractivity contribution is -0.170. The number of nitrogens with two attached hydrogens (primary N) is 1. The Morgan fingerprint density at radius 3 is 0.906 bits per heavy atom. The van der Waals surface area contributed by atoms with Gasteiger partial charge in [-0.3, -0.25) is 9.59 Å². The Hall–Kier alpha value is -1.30. The second kappa shape index (κ2) is 43.4. The predicted molar refractivity (Wildman–Crippen MR) is 219 cm³/mol. The van der Waals surface area contributed by atoms with Crippen molar-refractivity contribution in [2.45, 2.75) is 250 Å². The van der Waals surface area contributed by atoms with Gasteiger partial charge in [0.05, 0.1) is 12.7 Å². The molecule has 0 aromatic rings. The number of aliphatic hydroxyl groups is 5. The molecule has 320 valence electrons. The molecule has 0 radical (unpaired) electrons. The van der Waals surface area contributed by atoms with E-state index >= 15 is 0 Å². The molecule has 0 spiro atoms. The smallest absolute Gasteiger partial charge is 0.303 e. The van der Waals surface area contributed by atoms with Crippen LogP contribution in [0.25, 0.3) is 0 Å². The summed E-state index contributed by atoms with van der Waals surface area (Å²) >= 11 is 0. The van der Waals surface area contributed by atoms with Crippen LogP contribution in [0, 0.1) is 0 Å². The molecule has 10 nitrogen and oxygen atoms in total. The van der Waals surface area contributed by atoms with Crippen molar-refractivity contribution in [3.63, 3.8) is 0 Å². The molecule has 0 aromatic carbocycles. The maximum atomic E-state index is 10.3. The third-order valence-electron chi connectivity index (χ3n) is 10.0. The molecule has 0 rings (SSSR count). The number of unbranched alkanes of at least 4 members (excludes halogenated alkanes) is 28. The van der Waals surface area contributed by atoms with Crippen LogP contribution in [0.15, 0.2) is 0 Å². The summed E-state index contributed by atoms with van der Waals surface area (Å²) in [7, 11) is 0. The van der Waals surface area contributed by atoms with Crippen molar-refractivity contribution in [2.24, 2.45) is 5.73 Å². The topological polar surface area (TPSA) is 202 Å². The Bertz CT molecular complexity index is 709. The molecule has 0 fully saturated rings. The minimum atomic E-state index is -1.93. The van der Waals surface area contributed by atoms with Gasteiger partial charge in [-0.05, 0) is 19.8 Å². The Morgan fingerprint density at radius 1 is 0.491 bits per heavy atom. The minimum absolute atomic E-state index is 0.248. The van der Waals surface area contributed by atoms with Crippen molar-refractivity contribution in [2.75, 3.05) is 13.2 Å². The number of hydrogen-bond donors (Lipinski definition) is 8. The first-order chi connectivity index (χ1) is 25.4. The van der Waals surface area contributed by atoms with Crippen LogP contribution in [0.1, 0.15) is 226 Å². The highest BCUT2D eigenvalue weighted by molar-refractivity contribution is 5.66. The Labute approximate surface area is 325 Å². The first kappa shape index (κ1) is 56.0. The van der Waals surface area contributed by atoms with Gasteiger partial charge in [0.1, 0.15) is 17.8 Å². The van der Waals surface area contributed by atoms with Gasteiger partial charge in [-0.15, -0.1) is 0 Å². The van der Waals surface area contributed by atoms with E-state index in [0.29, 0.717) is 12.8 Å². The van der Waals surface area contributed by atoms with E-state index in [1.54, 1.807) is 0 Å². The van der Waals surface area contributed by atoms with Crippen molar-refractivity contribution in [3.8, 4) is 0 Å². The van der Waals surface area contributed by atoms with E-state index < -0.39 is 42.5 Å². The molecule has 10 heteroatoms. The molecule has 0 saturated heterocycles. The zero-order valence-corrected chi connectivity index (χ0v) is 34.8. The van der Waals surface area contributed by atoms with Crippen molar-refractivity contribution >= 4 is 11.9 Å². The van der Waals surface area contributed by atoms with Crippen molar-refractivity contribution in [3.05, 3.63) is 0 Å². The molecule has 0 aliphatic rings. The molecular formula is C43H89NO9. The molecule has 0 unspecified atom stereocenters. The summed E-state index contributed by atoms with van der Waals surface area (Å²) < 4.78 is 0. The summed E-state index contributed by atoms with van der Waals surface area (Å²) in [5, 5.41) is 62.5. The van der Waals surface area contributed by atoms with Crippen molar-refractivity contribution in [1.82, 2.24) is 0 Å². The molecule has 4 atom stereocenters. The lowest BCUT2D eigenvalue weighted by atomic mass is 9.89. The van der Waals surface area contributed by atoms with Gasteiger partial charge >= 0.3 is 11.9 Å². The zero-order chi connectivity index (χ0) is 40.4. The second-order valence-electron chi connectivity index (χ2n) is 15.4. The maximum Gasteiger partial charge on any atom is 0.303 e. The monoisotopic (exact) mass is 764 g/mol. The van der Waals surface area contributed by atoms with Crippen LogP contribution >= 0.6 is 0 Å². The van der Waals surface area contributed by atoms with Gasteiger partial charge in [0.25, 0.3) is 0 Å². The quantitative estimate of drug-likeness (QED) is 0.0282. The first-order valence-electron chi connectivity index (χ1n) is 21.9. The van der Waals surface area contributed by atoms with Gasteiger partial charge in [-0.25, -0.2) is 0 Å². The molecular weight excluding hydrogens is 674 g/mol. The van der Waals surface area contributed by atoms with E-state index in [2.05, 4.69) is 13.8 Å². The van der Waals surface area contributed by atoms with Crippen LogP contribution in [0.4, 0.5) is 0 Å². The van der Waals surface area contributed by atoms with Crippen molar-refractivity contribution < 1.29 is 45.3 Å². The van der Waals surface area contributed by atoms with E-state index in [1.807, 2.05) is 0 Å². The van der Waals surface area contributed by atoms with Crippen LogP contribution in [0.5, 0.6) is 0 Å². The fourth-order valence-electron chi connectivity index (χ4n) is 6.22. The summed E-state index contributed by atoms with van der Waals surface area (Å²) in [5.74, 6) is -1.31. The highest BCUT2D eigenvalue weighted by atomic mass is 16.4. The number of aliphatic hydroxyl groups excluding tert-OH is 4. The molecule has 0 heterocycles. The fraction of sp³-hybridized carbons (Fsp3) is 0.953. The van der Waals surface area contributed by atoms with Gasteiger partial charge in [0.15, 0.2) is 0 Å². The van der Waals surface area contributed by atoms with E-state index in [0.717, 1.165) is 32.6 Å². The predicted octanol–water partition coefficient (Wildman–Crippen LogP) is 9.44. The summed E-state index contributed by atoms with van der Waals surface area (Å²) in [6.07, 6.45) is 35.9. The average molecular weight is 764 g/mol. The molecule has 0 aromatic heterocycles. The normalized spacial score (nSPS) is 13.9. The highest BCUT2D eigenvalue weighted by Gasteiger charge is 2.40. The van der Waals surface area contributed by atoms with Crippen LogP contribution in [-0.2, 0) is 9.59 Å². The minimum Gasteiger partial charge on any atom is -0.481 e. The first-order valence-corrected chi connectivity index (χ1v) is 21.9. The van der Waals surface area contributed by atoms with E-state index in [1.165, 1.54) is 167 Å². The van der Waals surface area contributed by atoms with Gasteiger partial charge in [0.2, 0.25) is 0 Å². The highest BCUT2D eigenvalue weighted by Crippen LogP contribution is 2.18. The molecule has 0 aliphatic heterocycles. The molecule has 0 aliphatic carbocycles. The summed E-state index contributed by atoms with van der Waals surface area (Å²) in [4.78, 5) is 20.7. The lowest BCUT2D eigenvalue weighted by Gasteiger charge is -2.34. The Balaban J connectivity index is -0.000000726. The van der Waals surface area contributed by atoms with E-state index in [9.17, 15) is 24.9 Å². The number of rotatable bonds is 37. The second-order valence-corrected chi connectivity index (χ2v) is 15.4. The number of hydrogen-bond acceptors (Lipinski definition) is 8. The van der Waals surface area contributed by atoms with Crippen LogP contribution < -0.4 is 5.73 Å². The maximum absolute atomic E-state index is 10.3. The molecule has 0 amide bonds.